The van der Waals surface area contributed by atoms with E-state index in [0.29, 0.717) is 4.90 Å². The van der Waals surface area contributed by atoms with E-state index < -0.39 is 24.6 Å². The van der Waals surface area contributed by atoms with E-state index in [2.05, 4.69) is 5.32 Å². The summed E-state index contributed by atoms with van der Waals surface area (Å²) in [7, 11) is 0. The molecule has 0 aliphatic rings. The van der Waals surface area contributed by atoms with Crippen molar-refractivity contribution < 1.29 is 19.5 Å². The lowest BCUT2D eigenvalue weighted by atomic mass is 10.3. The number of nitrogens with one attached hydrogen (secondary N) is 2. The zero-order valence-electron chi connectivity index (χ0n) is 11.9. The van der Waals surface area contributed by atoms with Crippen LogP contribution in [0.15, 0.2) is 18.2 Å². The third-order valence-corrected chi connectivity index (χ3v) is 3.21. The van der Waals surface area contributed by atoms with Crippen LogP contribution in [0.4, 0.5) is 15.3 Å². The number of rotatable bonds is 3. The Morgan fingerprint density at radius 1 is 1.27 bits per heavy atom. The number of urea groups is 2. The normalized spacial score (nSPS) is 10.3. The molecule has 0 atom stereocenters. The highest BCUT2D eigenvalue weighted by atomic mass is 35.5. The number of amides is 5. The lowest BCUT2D eigenvalue weighted by Crippen LogP contribution is -2.51. The third-order valence-electron chi connectivity index (χ3n) is 2.40. The molecule has 0 heterocycles. The summed E-state index contributed by atoms with van der Waals surface area (Å²) in [4.78, 5) is 36.0. The zero-order chi connectivity index (χ0) is 16.9. The van der Waals surface area contributed by atoms with E-state index in [1.165, 1.54) is 18.2 Å². The molecule has 1 rings (SSSR count). The van der Waals surface area contributed by atoms with Gasteiger partial charge in [-0.2, -0.15) is 0 Å². The molecule has 0 radical (unpaired) electrons. The van der Waals surface area contributed by atoms with Crippen LogP contribution in [-0.4, -0.2) is 35.7 Å². The Morgan fingerprint density at radius 3 is 2.45 bits per heavy atom. The Balaban J connectivity index is 3.08. The Kier molecular flexibility index (Phi) is 6.61. The molecule has 3 N–H and O–H groups in total. The van der Waals surface area contributed by atoms with Crippen molar-refractivity contribution in [3.8, 4) is 0 Å². The summed E-state index contributed by atoms with van der Waals surface area (Å²) in [6.45, 7) is 2.46. The summed E-state index contributed by atoms with van der Waals surface area (Å²) in [6.07, 6.45) is 0. The number of aliphatic hydroxyl groups is 1. The van der Waals surface area contributed by atoms with E-state index >= 15 is 0 Å². The van der Waals surface area contributed by atoms with Gasteiger partial charge in [-0.1, -0.05) is 29.3 Å². The predicted octanol–water partition coefficient (Wildman–Crippen LogP) is 2.15. The van der Waals surface area contributed by atoms with E-state index in [9.17, 15) is 14.4 Å². The first kappa shape index (κ1) is 18.2. The molecule has 0 aliphatic heterocycles. The molecule has 0 fully saturated rings. The molecule has 0 saturated carbocycles. The predicted molar refractivity (Wildman–Crippen MR) is 83.2 cm³/mol. The van der Waals surface area contributed by atoms with Crippen LogP contribution in [0.1, 0.15) is 13.8 Å². The van der Waals surface area contributed by atoms with Gasteiger partial charge in [-0.15, -0.1) is 0 Å². The van der Waals surface area contributed by atoms with E-state index in [-0.39, 0.29) is 21.8 Å². The maximum Gasteiger partial charge on any atom is 0.336 e. The molecule has 0 unspecified atom stereocenters. The maximum absolute atomic E-state index is 12.1. The molecule has 9 heteroatoms. The molecule has 0 spiro atoms. The molecule has 1 aromatic carbocycles. The summed E-state index contributed by atoms with van der Waals surface area (Å²) in [5, 5.41) is 13.5. The van der Waals surface area contributed by atoms with Crippen molar-refractivity contribution in [3.63, 3.8) is 0 Å². The molecule has 0 aliphatic carbocycles. The lowest BCUT2D eigenvalue weighted by Gasteiger charge is -2.22. The molecular weight excluding hydrogens is 333 g/mol. The summed E-state index contributed by atoms with van der Waals surface area (Å²) in [5.74, 6) is -0.959. The topological polar surface area (TPSA) is 98.7 Å². The first-order valence-electron chi connectivity index (χ1n) is 6.27. The van der Waals surface area contributed by atoms with Crippen molar-refractivity contribution in [3.05, 3.63) is 28.2 Å². The van der Waals surface area contributed by atoms with E-state index in [1.54, 1.807) is 13.8 Å². The number of carbonyl (C=O) groups is 3. The molecule has 0 saturated heterocycles. The monoisotopic (exact) mass is 347 g/mol. The lowest BCUT2D eigenvalue weighted by molar-refractivity contribution is -0.120. The Labute approximate surface area is 137 Å². The first-order valence-corrected chi connectivity index (χ1v) is 7.02. The van der Waals surface area contributed by atoms with Gasteiger partial charge in [0.2, 0.25) is 0 Å². The summed E-state index contributed by atoms with van der Waals surface area (Å²) < 4.78 is 0. The number of halogens is 2. The average Bonchev–Trinajstić information content (AvgIpc) is 2.42. The van der Waals surface area contributed by atoms with E-state index in [4.69, 9.17) is 28.3 Å². The van der Waals surface area contributed by atoms with Crippen LogP contribution in [0.3, 0.4) is 0 Å². The largest absolute Gasteiger partial charge is 0.387 e. The number of nitrogens with zero attached hydrogens (tertiary/aromatic N) is 1. The number of anilines is 1. The summed E-state index contributed by atoms with van der Waals surface area (Å²) in [6, 6.07) is 2.27. The van der Waals surface area contributed by atoms with Gasteiger partial charge in [-0.05, 0) is 26.0 Å². The van der Waals surface area contributed by atoms with Crippen LogP contribution >= 0.6 is 23.2 Å². The van der Waals surface area contributed by atoms with Crippen LogP contribution in [0, 0.1) is 0 Å². The molecule has 0 aromatic heterocycles. The fourth-order valence-electron chi connectivity index (χ4n) is 1.54. The second-order valence-corrected chi connectivity index (χ2v) is 5.30. The minimum atomic E-state index is -1.05. The summed E-state index contributed by atoms with van der Waals surface area (Å²) in [5.41, 5.74) is -0.0388. The number of hydrogen-bond donors (Lipinski definition) is 3. The quantitative estimate of drug-likeness (QED) is 0.779. The zero-order valence-corrected chi connectivity index (χ0v) is 13.4. The second-order valence-electron chi connectivity index (χ2n) is 4.52. The highest BCUT2D eigenvalue weighted by Gasteiger charge is 2.27. The number of imide groups is 2. The molecule has 0 bridgehead atoms. The second kappa shape index (κ2) is 7.98. The van der Waals surface area contributed by atoms with Crippen molar-refractivity contribution in [2.75, 3.05) is 11.5 Å². The van der Waals surface area contributed by atoms with Crippen molar-refractivity contribution in [1.82, 2.24) is 10.6 Å². The minimum Gasteiger partial charge on any atom is -0.387 e. The van der Waals surface area contributed by atoms with Crippen molar-refractivity contribution in [1.29, 1.82) is 0 Å². The molecule has 22 heavy (non-hydrogen) atoms. The Morgan fingerprint density at radius 2 is 1.91 bits per heavy atom. The standard InChI is InChI=1S/C13H15Cl2N3O4/c1-7(2)16-12(21)17-13(22)18(10(20)6-19)9-5-3-4-8(14)11(9)15/h3-5,7,19H,6H2,1-2H3,(H2,16,17,21,22). The fourth-order valence-corrected chi connectivity index (χ4v) is 1.92. The minimum absolute atomic E-state index is 0.0388. The number of carbonyl (C=O) groups excluding carboxylic acids is 3. The van der Waals surface area contributed by atoms with Gasteiger partial charge in [-0.25, -0.2) is 14.5 Å². The van der Waals surface area contributed by atoms with E-state index in [0.717, 1.165) is 0 Å². The Hall–Kier alpha value is -1.83. The van der Waals surface area contributed by atoms with Gasteiger partial charge in [0.15, 0.2) is 0 Å². The molecule has 120 valence electrons. The smallest absolute Gasteiger partial charge is 0.336 e. The van der Waals surface area contributed by atoms with Gasteiger partial charge in [-0.3, -0.25) is 10.1 Å². The van der Waals surface area contributed by atoms with Crippen LogP contribution < -0.4 is 15.5 Å². The highest BCUT2D eigenvalue weighted by Crippen LogP contribution is 2.32. The molecule has 1 aromatic rings. The first-order chi connectivity index (χ1) is 10.3. The number of benzene rings is 1. The Bertz CT molecular complexity index is 593. The van der Waals surface area contributed by atoms with Crippen LogP contribution in [0.2, 0.25) is 10.0 Å². The van der Waals surface area contributed by atoms with Gasteiger partial charge < -0.3 is 10.4 Å². The van der Waals surface area contributed by atoms with Crippen LogP contribution in [0.5, 0.6) is 0 Å². The summed E-state index contributed by atoms with van der Waals surface area (Å²) >= 11 is 11.8. The van der Waals surface area contributed by atoms with Crippen molar-refractivity contribution in [2.24, 2.45) is 0 Å². The van der Waals surface area contributed by atoms with Gasteiger partial charge in [0, 0.05) is 6.04 Å². The SMILES string of the molecule is CC(C)NC(=O)NC(=O)N(C(=O)CO)c1cccc(Cl)c1Cl. The third kappa shape index (κ3) is 4.59. The fraction of sp³-hybridized carbons (Fsp3) is 0.308. The average molecular weight is 348 g/mol. The van der Waals surface area contributed by atoms with Crippen LogP contribution in [-0.2, 0) is 4.79 Å². The molecular formula is C13H15Cl2N3O4. The molecule has 7 nitrogen and oxygen atoms in total. The van der Waals surface area contributed by atoms with Gasteiger partial charge in [0.25, 0.3) is 5.91 Å². The van der Waals surface area contributed by atoms with Crippen molar-refractivity contribution in [2.45, 2.75) is 19.9 Å². The van der Waals surface area contributed by atoms with Gasteiger partial charge in [0.1, 0.15) is 6.61 Å². The maximum atomic E-state index is 12.1. The van der Waals surface area contributed by atoms with Crippen LogP contribution in [0.25, 0.3) is 0 Å². The number of aliphatic hydroxyl groups excluding tert-OH is 1. The van der Waals surface area contributed by atoms with Gasteiger partial charge in [0.05, 0.1) is 15.7 Å². The van der Waals surface area contributed by atoms with Crippen molar-refractivity contribution >= 4 is 46.9 Å². The van der Waals surface area contributed by atoms with E-state index in [1.807, 2.05) is 5.32 Å². The number of hydrogen-bond acceptors (Lipinski definition) is 4. The van der Waals surface area contributed by atoms with Gasteiger partial charge >= 0.3 is 12.1 Å². The molecule has 5 amide bonds. The highest BCUT2D eigenvalue weighted by molar-refractivity contribution is 6.44.